The van der Waals surface area contributed by atoms with Crippen LogP contribution in [0.5, 0.6) is 0 Å². The molecule has 0 fully saturated rings. The largest absolute Gasteiger partial charge is 0.393 e. The highest BCUT2D eigenvalue weighted by molar-refractivity contribution is 5.78. The highest BCUT2D eigenvalue weighted by Crippen LogP contribution is 2.11. The van der Waals surface area contributed by atoms with Crippen molar-refractivity contribution in [2.75, 3.05) is 6.54 Å². The first-order chi connectivity index (χ1) is 8.54. The van der Waals surface area contributed by atoms with Gasteiger partial charge in [-0.25, -0.2) is 8.78 Å². The number of hydrogen-bond donors (Lipinski definition) is 2. The number of rotatable bonds is 6. The Labute approximate surface area is 105 Å². The zero-order chi connectivity index (χ0) is 13.5. The molecule has 1 unspecified atom stereocenters. The minimum Gasteiger partial charge on any atom is -0.393 e. The molecule has 1 rings (SSSR count). The lowest BCUT2D eigenvalue weighted by Gasteiger charge is -2.09. The average molecular weight is 257 g/mol. The molecule has 1 amide bonds. The number of hydrogen-bond acceptors (Lipinski definition) is 2. The highest BCUT2D eigenvalue weighted by atomic mass is 19.2. The summed E-state index contributed by atoms with van der Waals surface area (Å²) in [5.74, 6) is -2.33. The second-order valence-electron chi connectivity index (χ2n) is 4.09. The summed E-state index contributed by atoms with van der Waals surface area (Å²) in [6, 6.07) is 3.75. The predicted molar refractivity (Wildman–Crippen MR) is 64.0 cm³/mol. The Hall–Kier alpha value is -1.49. The van der Waals surface area contributed by atoms with E-state index < -0.39 is 17.7 Å². The maximum Gasteiger partial charge on any atom is 0.224 e. The Morgan fingerprint density at radius 1 is 1.44 bits per heavy atom. The van der Waals surface area contributed by atoms with Crippen LogP contribution in [0.2, 0.25) is 0 Å². The first-order valence-electron chi connectivity index (χ1n) is 5.92. The maximum absolute atomic E-state index is 13.3. The number of carbonyl (C=O) groups is 1. The lowest BCUT2D eigenvalue weighted by molar-refractivity contribution is -0.120. The van der Waals surface area contributed by atoms with Gasteiger partial charge in [0.1, 0.15) is 0 Å². The van der Waals surface area contributed by atoms with Crippen LogP contribution >= 0.6 is 0 Å². The van der Waals surface area contributed by atoms with E-state index >= 15 is 0 Å². The first kappa shape index (κ1) is 14.6. The van der Waals surface area contributed by atoms with E-state index in [-0.39, 0.29) is 17.9 Å². The third kappa shape index (κ3) is 4.41. The van der Waals surface area contributed by atoms with Gasteiger partial charge in [-0.3, -0.25) is 4.79 Å². The van der Waals surface area contributed by atoms with Crippen molar-refractivity contribution in [1.29, 1.82) is 0 Å². The third-order valence-corrected chi connectivity index (χ3v) is 2.65. The summed E-state index contributed by atoms with van der Waals surface area (Å²) >= 11 is 0. The Morgan fingerprint density at radius 3 is 2.83 bits per heavy atom. The number of halogens is 2. The molecule has 0 aliphatic rings. The maximum atomic E-state index is 13.3. The molecule has 0 spiro atoms. The molecule has 2 N–H and O–H groups in total. The second kappa shape index (κ2) is 7.06. The van der Waals surface area contributed by atoms with Crippen molar-refractivity contribution < 1.29 is 18.7 Å². The van der Waals surface area contributed by atoms with Gasteiger partial charge in [-0.1, -0.05) is 19.1 Å². The Kier molecular flexibility index (Phi) is 5.71. The van der Waals surface area contributed by atoms with Crippen molar-refractivity contribution in [3.63, 3.8) is 0 Å². The number of amides is 1. The fraction of sp³-hybridized carbons (Fsp3) is 0.462. The molecule has 1 aromatic carbocycles. The lowest BCUT2D eigenvalue weighted by Crippen LogP contribution is -2.28. The summed E-state index contributed by atoms with van der Waals surface area (Å²) in [5.41, 5.74) is 0.0311. The summed E-state index contributed by atoms with van der Waals surface area (Å²) in [7, 11) is 0. The van der Waals surface area contributed by atoms with Crippen LogP contribution in [0, 0.1) is 11.6 Å². The van der Waals surface area contributed by atoms with Gasteiger partial charge >= 0.3 is 0 Å². The SMILES string of the molecule is CCC(O)CCNC(=O)Cc1cccc(F)c1F. The minimum atomic E-state index is -0.985. The number of aliphatic hydroxyl groups excluding tert-OH is 1. The molecule has 0 radical (unpaired) electrons. The zero-order valence-corrected chi connectivity index (χ0v) is 10.2. The number of aliphatic hydroxyl groups is 1. The summed E-state index contributed by atoms with van der Waals surface area (Å²) < 4.78 is 26.2. The molecule has 0 heterocycles. The van der Waals surface area contributed by atoms with E-state index in [1.165, 1.54) is 12.1 Å². The van der Waals surface area contributed by atoms with Crippen LogP contribution in [0.1, 0.15) is 25.3 Å². The third-order valence-electron chi connectivity index (χ3n) is 2.65. The van der Waals surface area contributed by atoms with Crippen molar-refractivity contribution in [2.24, 2.45) is 0 Å². The summed E-state index contributed by atoms with van der Waals surface area (Å²) in [4.78, 5) is 11.5. The van der Waals surface area contributed by atoms with Gasteiger partial charge in [-0.15, -0.1) is 0 Å². The van der Waals surface area contributed by atoms with E-state index in [1.807, 2.05) is 6.92 Å². The van der Waals surface area contributed by atoms with Crippen LogP contribution in [-0.4, -0.2) is 23.7 Å². The van der Waals surface area contributed by atoms with Gasteiger partial charge < -0.3 is 10.4 Å². The molecular weight excluding hydrogens is 240 g/mol. The molecule has 0 saturated heterocycles. The molecular formula is C13H17F2NO2. The van der Waals surface area contributed by atoms with Crippen molar-refractivity contribution in [2.45, 2.75) is 32.3 Å². The molecule has 3 nitrogen and oxygen atoms in total. The topological polar surface area (TPSA) is 49.3 Å². The van der Waals surface area contributed by atoms with Gasteiger partial charge in [0.05, 0.1) is 12.5 Å². The summed E-state index contributed by atoms with van der Waals surface area (Å²) in [5, 5.41) is 11.8. The Morgan fingerprint density at radius 2 is 2.17 bits per heavy atom. The number of carbonyl (C=O) groups excluding carboxylic acids is 1. The number of nitrogens with one attached hydrogen (secondary N) is 1. The Bertz CT molecular complexity index is 410. The zero-order valence-electron chi connectivity index (χ0n) is 10.2. The highest BCUT2D eigenvalue weighted by Gasteiger charge is 2.11. The average Bonchev–Trinajstić information content (AvgIpc) is 2.34. The molecule has 100 valence electrons. The van der Waals surface area contributed by atoms with Crippen LogP contribution in [0.4, 0.5) is 8.78 Å². The van der Waals surface area contributed by atoms with Gasteiger partial charge in [0.15, 0.2) is 11.6 Å². The van der Waals surface area contributed by atoms with Gasteiger partial charge in [-0.05, 0) is 18.9 Å². The molecule has 0 aromatic heterocycles. The van der Waals surface area contributed by atoms with Crippen molar-refractivity contribution >= 4 is 5.91 Å². The van der Waals surface area contributed by atoms with E-state index in [2.05, 4.69) is 5.32 Å². The summed E-state index contributed by atoms with van der Waals surface area (Å²) in [6.45, 7) is 2.17. The van der Waals surface area contributed by atoms with Gasteiger partial charge in [0.2, 0.25) is 5.91 Å². The van der Waals surface area contributed by atoms with Crippen LogP contribution in [0.15, 0.2) is 18.2 Å². The van der Waals surface area contributed by atoms with Crippen LogP contribution in [-0.2, 0) is 11.2 Å². The molecule has 18 heavy (non-hydrogen) atoms. The van der Waals surface area contributed by atoms with E-state index in [1.54, 1.807) is 0 Å². The normalized spacial score (nSPS) is 12.2. The second-order valence-corrected chi connectivity index (χ2v) is 4.09. The quantitative estimate of drug-likeness (QED) is 0.816. The minimum absolute atomic E-state index is 0.0311. The van der Waals surface area contributed by atoms with Gasteiger partial charge in [0, 0.05) is 12.1 Å². The van der Waals surface area contributed by atoms with Crippen molar-refractivity contribution in [1.82, 2.24) is 5.32 Å². The first-order valence-corrected chi connectivity index (χ1v) is 5.92. The standard InChI is InChI=1S/C13H17F2NO2/c1-2-10(17)6-7-16-12(18)8-9-4-3-5-11(14)13(9)15/h3-5,10,17H,2,6-8H2,1H3,(H,16,18). The molecule has 0 aliphatic carbocycles. The monoisotopic (exact) mass is 257 g/mol. The van der Waals surface area contributed by atoms with Gasteiger partial charge in [0.25, 0.3) is 0 Å². The molecule has 5 heteroatoms. The molecule has 0 aliphatic heterocycles. The molecule has 1 atom stereocenters. The van der Waals surface area contributed by atoms with Crippen LogP contribution < -0.4 is 5.32 Å². The number of benzene rings is 1. The van der Waals surface area contributed by atoms with Gasteiger partial charge in [-0.2, -0.15) is 0 Å². The van der Waals surface area contributed by atoms with Crippen molar-refractivity contribution in [3.05, 3.63) is 35.4 Å². The van der Waals surface area contributed by atoms with Crippen molar-refractivity contribution in [3.8, 4) is 0 Å². The van der Waals surface area contributed by atoms with E-state index in [4.69, 9.17) is 0 Å². The predicted octanol–water partition coefficient (Wildman–Crippen LogP) is 1.78. The van der Waals surface area contributed by atoms with Crippen LogP contribution in [0.3, 0.4) is 0 Å². The molecule has 0 saturated carbocycles. The van der Waals surface area contributed by atoms with E-state index in [0.717, 1.165) is 6.07 Å². The summed E-state index contributed by atoms with van der Waals surface area (Å²) in [6.07, 6.45) is 0.421. The fourth-order valence-electron chi connectivity index (χ4n) is 1.50. The van der Waals surface area contributed by atoms with Crippen LogP contribution in [0.25, 0.3) is 0 Å². The fourth-order valence-corrected chi connectivity index (χ4v) is 1.50. The molecule has 1 aromatic rings. The van der Waals surface area contributed by atoms with E-state index in [9.17, 15) is 18.7 Å². The van der Waals surface area contributed by atoms with E-state index in [0.29, 0.717) is 19.4 Å². The lowest BCUT2D eigenvalue weighted by atomic mass is 10.1. The Balaban J connectivity index is 2.43. The molecule has 0 bridgehead atoms. The smallest absolute Gasteiger partial charge is 0.224 e.